The standard InChI is InChI=1S/C12H28N4O2/c1-13-7-4-5-11(15-3)12(18)16-8-6-10(9-17)14-2/h10-11,13-15,17H,4-9H2,1-3H3,(H,16,18)/t10-,11-/m0/s1. The van der Waals surface area contributed by atoms with Gasteiger partial charge in [0.05, 0.1) is 12.6 Å². The molecule has 0 saturated heterocycles. The summed E-state index contributed by atoms with van der Waals surface area (Å²) in [4.78, 5) is 11.8. The Morgan fingerprint density at radius 2 is 1.83 bits per heavy atom. The highest BCUT2D eigenvalue weighted by Crippen LogP contribution is 1.97. The Hall–Kier alpha value is -0.690. The van der Waals surface area contributed by atoms with Crippen molar-refractivity contribution in [1.82, 2.24) is 21.3 Å². The first kappa shape index (κ1) is 17.3. The van der Waals surface area contributed by atoms with Gasteiger partial charge in [0.15, 0.2) is 0 Å². The van der Waals surface area contributed by atoms with E-state index >= 15 is 0 Å². The van der Waals surface area contributed by atoms with Crippen molar-refractivity contribution in [2.75, 3.05) is 40.8 Å². The van der Waals surface area contributed by atoms with Crippen molar-refractivity contribution in [2.45, 2.75) is 31.3 Å². The van der Waals surface area contributed by atoms with Crippen molar-refractivity contribution in [3.8, 4) is 0 Å². The molecule has 0 heterocycles. The maximum atomic E-state index is 11.8. The van der Waals surface area contributed by atoms with Crippen LogP contribution in [-0.2, 0) is 4.79 Å². The summed E-state index contributed by atoms with van der Waals surface area (Å²) in [7, 11) is 5.51. The summed E-state index contributed by atoms with van der Waals surface area (Å²) >= 11 is 0. The first-order valence-corrected chi connectivity index (χ1v) is 6.57. The smallest absolute Gasteiger partial charge is 0.237 e. The van der Waals surface area contributed by atoms with Gasteiger partial charge in [-0.1, -0.05) is 0 Å². The van der Waals surface area contributed by atoms with Crippen LogP contribution < -0.4 is 21.3 Å². The van der Waals surface area contributed by atoms with E-state index < -0.39 is 0 Å². The molecule has 0 bridgehead atoms. The lowest BCUT2D eigenvalue weighted by Crippen LogP contribution is -2.44. The van der Waals surface area contributed by atoms with Crippen LogP contribution in [-0.4, -0.2) is 63.9 Å². The SMILES string of the molecule is CNCCC[C@H](NC)C(=O)NCC[C@@H](CO)NC. The Labute approximate surface area is 110 Å². The van der Waals surface area contributed by atoms with Gasteiger partial charge < -0.3 is 26.4 Å². The van der Waals surface area contributed by atoms with Gasteiger partial charge in [0.1, 0.15) is 0 Å². The fraction of sp³-hybridized carbons (Fsp3) is 0.917. The summed E-state index contributed by atoms with van der Waals surface area (Å²) in [5, 5.41) is 21.0. The van der Waals surface area contributed by atoms with E-state index in [-0.39, 0.29) is 24.6 Å². The Morgan fingerprint density at radius 1 is 1.11 bits per heavy atom. The lowest BCUT2D eigenvalue weighted by Gasteiger charge is -2.17. The second kappa shape index (κ2) is 11.4. The van der Waals surface area contributed by atoms with Crippen LogP contribution in [0, 0.1) is 0 Å². The molecule has 0 aliphatic carbocycles. The fourth-order valence-corrected chi connectivity index (χ4v) is 1.71. The van der Waals surface area contributed by atoms with Crippen LogP contribution in [0.4, 0.5) is 0 Å². The summed E-state index contributed by atoms with van der Waals surface area (Å²) in [5.41, 5.74) is 0. The van der Waals surface area contributed by atoms with Crippen LogP contribution in [0.25, 0.3) is 0 Å². The van der Waals surface area contributed by atoms with Crippen LogP contribution in [0.5, 0.6) is 0 Å². The third kappa shape index (κ3) is 7.60. The van der Waals surface area contributed by atoms with E-state index in [0.717, 1.165) is 25.8 Å². The quantitative estimate of drug-likeness (QED) is 0.297. The molecule has 0 radical (unpaired) electrons. The lowest BCUT2D eigenvalue weighted by molar-refractivity contribution is -0.123. The minimum absolute atomic E-state index is 0.0291. The molecule has 0 saturated carbocycles. The number of carbonyl (C=O) groups excluding carboxylic acids is 1. The zero-order valence-corrected chi connectivity index (χ0v) is 11.8. The van der Waals surface area contributed by atoms with Gasteiger partial charge in [-0.05, 0) is 47.0 Å². The summed E-state index contributed by atoms with van der Waals surface area (Å²) < 4.78 is 0. The summed E-state index contributed by atoms with van der Waals surface area (Å²) in [6, 6.07) is -0.0943. The molecule has 0 spiro atoms. The predicted octanol–water partition coefficient (Wildman–Crippen LogP) is -1.34. The molecule has 0 aromatic rings. The Kier molecular flexibility index (Phi) is 11.0. The minimum atomic E-state index is -0.138. The number of aliphatic hydroxyl groups is 1. The number of hydrogen-bond acceptors (Lipinski definition) is 5. The highest BCUT2D eigenvalue weighted by Gasteiger charge is 2.15. The first-order valence-electron chi connectivity index (χ1n) is 6.57. The summed E-state index contributed by atoms with van der Waals surface area (Å²) in [6.45, 7) is 1.58. The van der Waals surface area contributed by atoms with Crippen molar-refractivity contribution in [1.29, 1.82) is 0 Å². The molecule has 6 heteroatoms. The lowest BCUT2D eigenvalue weighted by atomic mass is 10.1. The zero-order chi connectivity index (χ0) is 13.8. The first-order chi connectivity index (χ1) is 8.69. The van der Waals surface area contributed by atoms with Gasteiger partial charge in [0.2, 0.25) is 5.91 Å². The van der Waals surface area contributed by atoms with Crippen LogP contribution in [0.3, 0.4) is 0 Å². The Balaban J connectivity index is 3.82. The van der Waals surface area contributed by atoms with E-state index in [1.807, 2.05) is 7.05 Å². The molecule has 18 heavy (non-hydrogen) atoms. The molecule has 6 nitrogen and oxygen atoms in total. The average molecular weight is 260 g/mol. The molecule has 0 aromatic carbocycles. The molecule has 1 amide bonds. The normalized spacial score (nSPS) is 14.2. The van der Waals surface area contributed by atoms with E-state index in [9.17, 15) is 4.79 Å². The van der Waals surface area contributed by atoms with E-state index in [1.54, 1.807) is 14.1 Å². The molecule has 0 aliphatic rings. The van der Waals surface area contributed by atoms with E-state index in [2.05, 4.69) is 21.3 Å². The topological polar surface area (TPSA) is 85.4 Å². The number of carbonyl (C=O) groups is 1. The molecular weight excluding hydrogens is 232 g/mol. The van der Waals surface area contributed by atoms with Crippen LogP contribution in [0.15, 0.2) is 0 Å². The van der Waals surface area contributed by atoms with Gasteiger partial charge in [-0.15, -0.1) is 0 Å². The van der Waals surface area contributed by atoms with Gasteiger partial charge in [-0.3, -0.25) is 4.79 Å². The number of nitrogens with one attached hydrogen (secondary N) is 4. The third-order valence-corrected chi connectivity index (χ3v) is 3.01. The Morgan fingerprint density at radius 3 is 2.33 bits per heavy atom. The van der Waals surface area contributed by atoms with Crippen LogP contribution in [0.1, 0.15) is 19.3 Å². The molecule has 0 fully saturated rings. The summed E-state index contributed by atoms with van der Waals surface area (Å²) in [5.74, 6) is 0.0291. The van der Waals surface area contributed by atoms with Gasteiger partial charge >= 0.3 is 0 Å². The van der Waals surface area contributed by atoms with E-state index in [0.29, 0.717) is 6.54 Å². The molecule has 0 aromatic heterocycles. The highest BCUT2D eigenvalue weighted by molar-refractivity contribution is 5.81. The largest absolute Gasteiger partial charge is 0.395 e. The van der Waals surface area contributed by atoms with Crippen LogP contribution in [0.2, 0.25) is 0 Å². The maximum Gasteiger partial charge on any atom is 0.237 e. The van der Waals surface area contributed by atoms with Crippen molar-refractivity contribution in [3.05, 3.63) is 0 Å². The summed E-state index contributed by atoms with van der Waals surface area (Å²) in [6.07, 6.45) is 2.51. The molecule has 0 aliphatic heterocycles. The zero-order valence-electron chi connectivity index (χ0n) is 11.8. The number of rotatable bonds is 11. The van der Waals surface area contributed by atoms with Crippen molar-refractivity contribution >= 4 is 5.91 Å². The van der Waals surface area contributed by atoms with Crippen molar-refractivity contribution in [2.24, 2.45) is 0 Å². The predicted molar refractivity (Wildman–Crippen MR) is 73.6 cm³/mol. The molecule has 2 atom stereocenters. The third-order valence-electron chi connectivity index (χ3n) is 3.01. The molecule has 5 N–H and O–H groups in total. The van der Waals surface area contributed by atoms with Gasteiger partial charge in [0.25, 0.3) is 0 Å². The van der Waals surface area contributed by atoms with E-state index in [1.165, 1.54) is 0 Å². The number of amides is 1. The van der Waals surface area contributed by atoms with Crippen molar-refractivity contribution < 1.29 is 9.90 Å². The number of hydrogen-bond donors (Lipinski definition) is 5. The maximum absolute atomic E-state index is 11.8. The Bertz CT molecular complexity index is 210. The highest BCUT2D eigenvalue weighted by atomic mass is 16.3. The number of likely N-dealkylation sites (N-methyl/N-ethyl adjacent to an activating group) is 2. The van der Waals surface area contributed by atoms with Gasteiger partial charge in [0, 0.05) is 12.6 Å². The van der Waals surface area contributed by atoms with Crippen molar-refractivity contribution in [3.63, 3.8) is 0 Å². The second-order valence-corrected chi connectivity index (χ2v) is 4.33. The minimum Gasteiger partial charge on any atom is -0.395 e. The van der Waals surface area contributed by atoms with Gasteiger partial charge in [-0.25, -0.2) is 0 Å². The monoisotopic (exact) mass is 260 g/mol. The van der Waals surface area contributed by atoms with Crippen LogP contribution >= 0.6 is 0 Å². The second-order valence-electron chi connectivity index (χ2n) is 4.33. The molecule has 0 rings (SSSR count). The number of aliphatic hydroxyl groups excluding tert-OH is 1. The molecular formula is C12H28N4O2. The molecule has 0 unspecified atom stereocenters. The van der Waals surface area contributed by atoms with Gasteiger partial charge in [-0.2, -0.15) is 0 Å². The fourth-order valence-electron chi connectivity index (χ4n) is 1.71. The van der Waals surface area contributed by atoms with E-state index in [4.69, 9.17) is 5.11 Å². The average Bonchev–Trinajstić information content (AvgIpc) is 2.39. The molecule has 108 valence electrons.